The first-order valence-electron chi connectivity index (χ1n) is 12.1. The second kappa shape index (κ2) is 9.35. The molecule has 2 aromatic heterocycles. The molecule has 2 aromatic carbocycles. The highest BCUT2D eigenvalue weighted by molar-refractivity contribution is 5.82. The van der Waals surface area contributed by atoms with Crippen LogP contribution in [0.25, 0.3) is 16.7 Å². The fourth-order valence-electron chi connectivity index (χ4n) is 4.92. The molecular formula is C26H33N7. The maximum Gasteiger partial charge on any atom is 0.204 e. The highest BCUT2D eigenvalue weighted by Gasteiger charge is 2.23. The van der Waals surface area contributed by atoms with E-state index < -0.39 is 0 Å². The Hall–Kier alpha value is -3.19. The fraction of sp³-hybridized carbons (Fsp3) is 0.423. The van der Waals surface area contributed by atoms with Crippen LogP contribution in [0.1, 0.15) is 31.7 Å². The molecule has 0 radical (unpaired) electrons. The topological polar surface area (TPSA) is 61.6 Å². The largest absolute Gasteiger partial charge is 0.367 e. The standard InChI is InChI=1S/C26H33N7/c1-4-24-29-30-26-25(28-22-11-5-6-12-23(22)33(24)26)27-13-8-14-31-15-16-32(20(3)18-31)21-10-7-9-19(2)17-21/h5-7,9-12,17,20H,4,8,13-16,18H2,1-3H3,(H,27,28)/t20-/m1/s1. The molecule has 7 nitrogen and oxygen atoms in total. The van der Waals surface area contributed by atoms with Gasteiger partial charge in [-0.2, -0.15) is 0 Å². The molecule has 33 heavy (non-hydrogen) atoms. The lowest BCUT2D eigenvalue weighted by atomic mass is 10.1. The Balaban J connectivity index is 1.20. The van der Waals surface area contributed by atoms with E-state index in [9.17, 15) is 0 Å². The second-order valence-electron chi connectivity index (χ2n) is 9.04. The van der Waals surface area contributed by atoms with Gasteiger partial charge in [0.1, 0.15) is 5.82 Å². The molecule has 0 unspecified atom stereocenters. The maximum absolute atomic E-state index is 4.84. The van der Waals surface area contributed by atoms with Gasteiger partial charge in [0.15, 0.2) is 5.82 Å². The van der Waals surface area contributed by atoms with E-state index in [4.69, 9.17) is 4.98 Å². The highest BCUT2D eigenvalue weighted by atomic mass is 15.3. The molecule has 0 spiro atoms. The van der Waals surface area contributed by atoms with Crippen molar-refractivity contribution in [3.63, 3.8) is 0 Å². The molecule has 1 N–H and O–H groups in total. The van der Waals surface area contributed by atoms with Gasteiger partial charge in [-0.1, -0.05) is 31.2 Å². The molecule has 4 aromatic rings. The third-order valence-corrected chi connectivity index (χ3v) is 6.60. The monoisotopic (exact) mass is 443 g/mol. The Morgan fingerprint density at radius 1 is 1.06 bits per heavy atom. The van der Waals surface area contributed by atoms with Crippen LogP contribution in [0.3, 0.4) is 0 Å². The summed E-state index contributed by atoms with van der Waals surface area (Å²) in [6.07, 6.45) is 1.90. The summed E-state index contributed by atoms with van der Waals surface area (Å²) in [5.41, 5.74) is 5.49. The van der Waals surface area contributed by atoms with E-state index in [1.807, 2.05) is 12.1 Å². The number of aromatic nitrogens is 4. The zero-order valence-electron chi connectivity index (χ0n) is 19.8. The summed E-state index contributed by atoms with van der Waals surface area (Å²) in [6, 6.07) is 17.6. The number of piperazine rings is 1. The lowest BCUT2D eigenvalue weighted by Gasteiger charge is -2.41. The SMILES string of the molecule is CCc1nnc2c(NCCCN3CCN(c4cccc(C)c4)[C@H](C)C3)nc3ccccc3n12. The summed E-state index contributed by atoms with van der Waals surface area (Å²) in [7, 11) is 0. The molecular weight excluding hydrogens is 410 g/mol. The van der Waals surface area contributed by atoms with E-state index in [1.54, 1.807) is 0 Å². The second-order valence-corrected chi connectivity index (χ2v) is 9.04. The third-order valence-electron chi connectivity index (χ3n) is 6.60. The number of para-hydroxylation sites is 2. The van der Waals surface area contributed by atoms with Crippen molar-refractivity contribution in [1.29, 1.82) is 0 Å². The van der Waals surface area contributed by atoms with Crippen molar-refractivity contribution in [2.24, 2.45) is 0 Å². The summed E-state index contributed by atoms with van der Waals surface area (Å²) >= 11 is 0. The quantitative estimate of drug-likeness (QED) is 0.433. The summed E-state index contributed by atoms with van der Waals surface area (Å²) in [5, 5.41) is 12.4. The molecule has 0 amide bonds. The van der Waals surface area contributed by atoms with Gasteiger partial charge in [0.2, 0.25) is 5.65 Å². The number of benzene rings is 2. The molecule has 172 valence electrons. The number of aryl methyl sites for hydroxylation is 2. The minimum atomic E-state index is 0.513. The number of nitrogens with zero attached hydrogens (tertiary/aromatic N) is 6. The normalized spacial score (nSPS) is 17.2. The third kappa shape index (κ3) is 4.37. The molecule has 5 rings (SSSR count). The Kier molecular flexibility index (Phi) is 6.13. The number of fused-ring (bicyclic) bond motifs is 3. The van der Waals surface area contributed by atoms with Gasteiger partial charge < -0.3 is 10.2 Å². The van der Waals surface area contributed by atoms with Gasteiger partial charge in [-0.05, 0) is 56.6 Å². The van der Waals surface area contributed by atoms with E-state index in [1.165, 1.54) is 11.3 Å². The van der Waals surface area contributed by atoms with Crippen LogP contribution >= 0.6 is 0 Å². The van der Waals surface area contributed by atoms with Crippen LogP contribution in [0.2, 0.25) is 0 Å². The Morgan fingerprint density at radius 3 is 2.76 bits per heavy atom. The van der Waals surface area contributed by atoms with Crippen molar-refractivity contribution in [2.45, 2.75) is 39.7 Å². The van der Waals surface area contributed by atoms with Gasteiger partial charge in [-0.3, -0.25) is 9.30 Å². The van der Waals surface area contributed by atoms with Crippen molar-refractivity contribution >= 4 is 28.2 Å². The summed E-state index contributed by atoms with van der Waals surface area (Å²) < 4.78 is 2.14. The lowest BCUT2D eigenvalue weighted by molar-refractivity contribution is 0.228. The Labute approximate surface area is 195 Å². The predicted octanol–water partition coefficient (Wildman–Crippen LogP) is 4.16. The molecule has 1 aliphatic rings. The van der Waals surface area contributed by atoms with Crippen molar-refractivity contribution in [3.05, 3.63) is 59.9 Å². The van der Waals surface area contributed by atoms with Crippen LogP contribution in [0.15, 0.2) is 48.5 Å². The minimum absolute atomic E-state index is 0.513. The van der Waals surface area contributed by atoms with Crippen LogP contribution in [-0.2, 0) is 6.42 Å². The van der Waals surface area contributed by atoms with Crippen molar-refractivity contribution in [1.82, 2.24) is 24.5 Å². The van der Waals surface area contributed by atoms with E-state index in [2.05, 4.69) is 86.9 Å². The molecule has 1 saturated heterocycles. The Bertz CT molecular complexity index is 1250. The van der Waals surface area contributed by atoms with Crippen LogP contribution in [0, 0.1) is 6.92 Å². The summed E-state index contributed by atoms with van der Waals surface area (Å²) in [5.74, 6) is 1.78. The molecule has 7 heteroatoms. The molecule has 1 aliphatic heterocycles. The molecule has 0 bridgehead atoms. The maximum atomic E-state index is 4.84. The molecule has 1 fully saturated rings. The highest BCUT2D eigenvalue weighted by Crippen LogP contribution is 2.23. The number of hydrogen-bond acceptors (Lipinski definition) is 6. The van der Waals surface area contributed by atoms with Crippen molar-refractivity contribution in [2.75, 3.05) is 42.9 Å². The van der Waals surface area contributed by atoms with Crippen LogP contribution in [0.4, 0.5) is 11.5 Å². The van der Waals surface area contributed by atoms with Gasteiger partial charge in [-0.15, -0.1) is 10.2 Å². The van der Waals surface area contributed by atoms with Gasteiger partial charge in [0, 0.05) is 44.3 Å². The number of anilines is 2. The van der Waals surface area contributed by atoms with E-state index >= 15 is 0 Å². The molecule has 3 heterocycles. The smallest absolute Gasteiger partial charge is 0.204 e. The zero-order chi connectivity index (χ0) is 22.8. The molecule has 1 atom stereocenters. The summed E-state index contributed by atoms with van der Waals surface area (Å²) in [6.45, 7) is 11.8. The van der Waals surface area contributed by atoms with E-state index in [0.717, 1.165) is 73.9 Å². The molecule has 0 saturated carbocycles. The average molecular weight is 444 g/mol. The molecule has 0 aliphatic carbocycles. The van der Waals surface area contributed by atoms with Gasteiger partial charge in [0.25, 0.3) is 0 Å². The van der Waals surface area contributed by atoms with Gasteiger partial charge >= 0.3 is 0 Å². The fourth-order valence-corrected chi connectivity index (χ4v) is 4.92. The van der Waals surface area contributed by atoms with Gasteiger partial charge in [0.05, 0.1) is 11.0 Å². The van der Waals surface area contributed by atoms with E-state index in [-0.39, 0.29) is 0 Å². The predicted molar refractivity (Wildman–Crippen MR) is 135 cm³/mol. The van der Waals surface area contributed by atoms with Crippen LogP contribution in [-0.4, -0.2) is 63.2 Å². The zero-order valence-corrected chi connectivity index (χ0v) is 19.8. The number of hydrogen-bond donors (Lipinski definition) is 1. The first kappa shape index (κ1) is 21.6. The van der Waals surface area contributed by atoms with Crippen LogP contribution in [0.5, 0.6) is 0 Å². The number of rotatable bonds is 7. The first-order chi connectivity index (χ1) is 16.1. The van der Waals surface area contributed by atoms with Crippen molar-refractivity contribution < 1.29 is 0 Å². The number of nitrogens with one attached hydrogen (secondary N) is 1. The lowest BCUT2D eigenvalue weighted by Crippen LogP contribution is -2.52. The van der Waals surface area contributed by atoms with E-state index in [0.29, 0.717) is 6.04 Å². The van der Waals surface area contributed by atoms with Crippen molar-refractivity contribution in [3.8, 4) is 0 Å². The van der Waals surface area contributed by atoms with Crippen LogP contribution < -0.4 is 10.2 Å². The van der Waals surface area contributed by atoms with Gasteiger partial charge in [-0.25, -0.2) is 4.98 Å². The minimum Gasteiger partial charge on any atom is -0.367 e. The first-order valence-corrected chi connectivity index (χ1v) is 12.1. The summed E-state index contributed by atoms with van der Waals surface area (Å²) in [4.78, 5) is 9.96. The Morgan fingerprint density at radius 2 is 1.94 bits per heavy atom. The average Bonchev–Trinajstić information content (AvgIpc) is 3.27.